The molecule has 1 aromatic carbocycles. The summed E-state index contributed by atoms with van der Waals surface area (Å²) in [6.45, 7) is 4.21. The molecule has 1 aliphatic carbocycles. The summed E-state index contributed by atoms with van der Waals surface area (Å²) in [5.41, 5.74) is 2.53. The summed E-state index contributed by atoms with van der Waals surface area (Å²) >= 11 is 0. The van der Waals surface area contributed by atoms with Gasteiger partial charge in [0.25, 0.3) is 0 Å². The van der Waals surface area contributed by atoms with Gasteiger partial charge in [0.2, 0.25) is 0 Å². The van der Waals surface area contributed by atoms with Crippen LogP contribution in [0.1, 0.15) is 30.4 Å². The van der Waals surface area contributed by atoms with Crippen molar-refractivity contribution in [2.45, 2.75) is 39.2 Å². The third-order valence-corrected chi connectivity index (χ3v) is 2.69. The number of ether oxygens (including phenoxy) is 1. The van der Waals surface area contributed by atoms with E-state index < -0.39 is 0 Å². The number of aryl methyl sites for hydroxylation is 2. The van der Waals surface area contributed by atoms with E-state index in [4.69, 9.17) is 4.74 Å². The first-order chi connectivity index (χ1) is 6.25. The van der Waals surface area contributed by atoms with Gasteiger partial charge in [-0.2, -0.15) is 0 Å². The zero-order valence-corrected chi connectivity index (χ0v) is 8.34. The minimum atomic E-state index is 0.487. The van der Waals surface area contributed by atoms with Crippen LogP contribution in [0.5, 0.6) is 5.75 Å². The second kappa shape index (κ2) is 3.41. The van der Waals surface area contributed by atoms with E-state index in [2.05, 4.69) is 32.0 Å². The van der Waals surface area contributed by atoms with Gasteiger partial charge < -0.3 is 4.74 Å². The quantitative estimate of drug-likeness (QED) is 0.672. The maximum Gasteiger partial charge on any atom is 0.122 e. The highest BCUT2D eigenvalue weighted by molar-refractivity contribution is 5.36. The Morgan fingerprint density at radius 1 is 1.23 bits per heavy atom. The van der Waals surface area contributed by atoms with Gasteiger partial charge in [-0.25, -0.2) is 0 Å². The minimum Gasteiger partial charge on any atom is -0.490 e. The average Bonchev–Trinajstić information content (AvgIpc) is 2.03. The van der Waals surface area contributed by atoms with Gasteiger partial charge in [-0.3, -0.25) is 0 Å². The van der Waals surface area contributed by atoms with Crippen LogP contribution < -0.4 is 4.74 Å². The molecule has 1 heteroatoms. The highest BCUT2D eigenvalue weighted by Crippen LogP contribution is 2.27. The van der Waals surface area contributed by atoms with Gasteiger partial charge in [-0.15, -0.1) is 0 Å². The molecule has 0 atom stereocenters. The Labute approximate surface area is 79.7 Å². The van der Waals surface area contributed by atoms with Crippen LogP contribution >= 0.6 is 0 Å². The molecule has 1 aliphatic rings. The minimum absolute atomic E-state index is 0.487. The first-order valence-electron chi connectivity index (χ1n) is 4.99. The maximum atomic E-state index is 5.86. The van der Waals surface area contributed by atoms with Crippen molar-refractivity contribution in [3.63, 3.8) is 0 Å². The van der Waals surface area contributed by atoms with Gasteiger partial charge in [0.05, 0.1) is 6.10 Å². The Morgan fingerprint density at radius 3 is 2.62 bits per heavy atom. The molecule has 0 saturated heterocycles. The summed E-state index contributed by atoms with van der Waals surface area (Å²) in [4.78, 5) is 0. The predicted molar refractivity (Wildman–Crippen MR) is 54.2 cm³/mol. The van der Waals surface area contributed by atoms with Crippen LogP contribution in [0.4, 0.5) is 0 Å². The molecular weight excluding hydrogens is 160 g/mol. The molecule has 2 rings (SSSR count). The summed E-state index contributed by atoms with van der Waals surface area (Å²) in [5.74, 6) is 1.07. The van der Waals surface area contributed by atoms with Crippen LogP contribution in [0.15, 0.2) is 18.2 Å². The van der Waals surface area contributed by atoms with Gasteiger partial charge in [0.15, 0.2) is 0 Å². The normalized spacial score (nSPS) is 16.8. The highest BCUT2D eigenvalue weighted by atomic mass is 16.5. The molecular formula is C12H16O. The third kappa shape index (κ3) is 1.85. The van der Waals surface area contributed by atoms with E-state index in [1.54, 1.807) is 0 Å². The summed E-state index contributed by atoms with van der Waals surface area (Å²) in [6.07, 6.45) is 4.27. The predicted octanol–water partition coefficient (Wildman–Crippen LogP) is 3.23. The highest BCUT2D eigenvalue weighted by Gasteiger charge is 2.19. The Morgan fingerprint density at radius 2 is 2.00 bits per heavy atom. The SMILES string of the molecule is Cc1ccc(C)c(OC2CCC2)c1. The molecule has 70 valence electrons. The fourth-order valence-corrected chi connectivity index (χ4v) is 1.50. The first kappa shape index (κ1) is 8.61. The van der Waals surface area contributed by atoms with Crippen molar-refractivity contribution in [2.75, 3.05) is 0 Å². The van der Waals surface area contributed by atoms with Crippen molar-refractivity contribution in [2.24, 2.45) is 0 Å². The Hall–Kier alpha value is -0.980. The molecule has 1 aromatic rings. The fourth-order valence-electron chi connectivity index (χ4n) is 1.50. The average molecular weight is 176 g/mol. The molecule has 1 saturated carbocycles. The number of benzene rings is 1. The Balaban J connectivity index is 2.13. The molecule has 0 radical (unpaired) electrons. The fraction of sp³-hybridized carbons (Fsp3) is 0.500. The lowest BCUT2D eigenvalue weighted by molar-refractivity contribution is 0.119. The summed E-state index contributed by atoms with van der Waals surface area (Å²) in [5, 5.41) is 0. The van der Waals surface area contributed by atoms with Crippen LogP contribution in [-0.2, 0) is 0 Å². The van der Waals surface area contributed by atoms with Gasteiger partial charge in [0, 0.05) is 0 Å². The van der Waals surface area contributed by atoms with E-state index in [1.165, 1.54) is 30.4 Å². The maximum absolute atomic E-state index is 5.86. The topological polar surface area (TPSA) is 9.23 Å². The summed E-state index contributed by atoms with van der Waals surface area (Å²) < 4.78 is 5.86. The van der Waals surface area contributed by atoms with Crippen molar-refractivity contribution >= 4 is 0 Å². The van der Waals surface area contributed by atoms with E-state index in [0.29, 0.717) is 6.10 Å². The van der Waals surface area contributed by atoms with Crippen LogP contribution in [-0.4, -0.2) is 6.10 Å². The van der Waals surface area contributed by atoms with Gasteiger partial charge in [-0.1, -0.05) is 12.1 Å². The van der Waals surface area contributed by atoms with E-state index >= 15 is 0 Å². The molecule has 0 aromatic heterocycles. The smallest absolute Gasteiger partial charge is 0.122 e. The molecule has 0 unspecified atom stereocenters. The molecule has 0 amide bonds. The number of hydrogen-bond acceptors (Lipinski definition) is 1. The zero-order chi connectivity index (χ0) is 9.26. The molecule has 0 heterocycles. The molecule has 0 aliphatic heterocycles. The second-order valence-corrected chi connectivity index (χ2v) is 3.94. The Bertz CT molecular complexity index is 300. The number of hydrogen-bond donors (Lipinski definition) is 0. The molecule has 0 N–H and O–H groups in total. The van der Waals surface area contributed by atoms with Crippen molar-refractivity contribution in [3.05, 3.63) is 29.3 Å². The zero-order valence-electron chi connectivity index (χ0n) is 8.34. The van der Waals surface area contributed by atoms with Crippen molar-refractivity contribution in [1.29, 1.82) is 0 Å². The van der Waals surface area contributed by atoms with Crippen molar-refractivity contribution < 1.29 is 4.74 Å². The van der Waals surface area contributed by atoms with Crippen molar-refractivity contribution in [1.82, 2.24) is 0 Å². The molecule has 13 heavy (non-hydrogen) atoms. The Kier molecular flexibility index (Phi) is 2.26. The van der Waals surface area contributed by atoms with Gasteiger partial charge >= 0.3 is 0 Å². The van der Waals surface area contributed by atoms with Crippen LogP contribution in [0.3, 0.4) is 0 Å². The van der Waals surface area contributed by atoms with Gasteiger partial charge in [0.1, 0.15) is 5.75 Å². The van der Waals surface area contributed by atoms with Crippen molar-refractivity contribution in [3.8, 4) is 5.75 Å². The molecule has 1 nitrogen and oxygen atoms in total. The van der Waals surface area contributed by atoms with Crippen LogP contribution in [0, 0.1) is 13.8 Å². The molecule has 1 fully saturated rings. The second-order valence-electron chi connectivity index (χ2n) is 3.94. The van der Waals surface area contributed by atoms with E-state index in [1.807, 2.05) is 0 Å². The van der Waals surface area contributed by atoms with Crippen LogP contribution in [0.25, 0.3) is 0 Å². The third-order valence-electron chi connectivity index (χ3n) is 2.69. The van der Waals surface area contributed by atoms with E-state index in [9.17, 15) is 0 Å². The van der Waals surface area contributed by atoms with Gasteiger partial charge in [-0.05, 0) is 50.3 Å². The number of rotatable bonds is 2. The molecule has 0 spiro atoms. The lowest BCUT2D eigenvalue weighted by Gasteiger charge is -2.27. The largest absolute Gasteiger partial charge is 0.490 e. The first-order valence-corrected chi connectivity index (χ1v) is 4.99. The van der Waals surface area contributed by atoms with E-state index in [0.717, 1.165) is 5.75 Å². The molecule has 0 bridgehead atoms. The standard InChI is InChI=1S/C12H16O/c1-9-6-7-10(2)12(8-9)13-11-4-3-5-11/h6-8,11H,3-5H2,1-2H3. The van der Waals surface area contributed by atoms with Crippen LogP contribution in [0.2, 0.25) is 0 Å². The summed E-state index contributed by atoms with van der Waals surface area (Å²) in [7, 11) is 0. The summed E-state index contributed by atoms with van der Waals surface area (Å²) in [6, 6.07) is 6.39. The lowest BCUT2D eigenvalue weighted by Crippen LogP contribution is -2.24. The monoisotopic (exact) mass is 176 g/mol. The van der Waals surface area contributed by atoms with E-state index in [-0.39, 0.29) is 0 Å². The lowest BCUT2D eigenvalue weighted by atomic mass is 9.96.